The lowest BCUT2D eigenvalue weighted by atomic mass is 10.1. The molecule has 0 aliphatic heterocycles. The lowest BCUT2D eigenvalue weighted by Crippen LogP contribution is -2.33. The number of nitrogens with one attached hydrogen (secondary N) is 1. The predicted octanol–water partition coefficient (Wildman–Crippen LogP) is 2.51. The largest absolute Gasteiger partial charge is 0.478 e. The van der Waals surface area contributed by atoms with Gasteiger partial charge in [0.15, 0.2) is 0 Å². The van der Waals surface area contributed by atoms with E-state index >= 15 is 0 Å². The molecule has 2 rings (SSSR count). The fourth-order valence-corrected chi connectivity index (χ4v) is 4.25. The van der Waals surface area contributed by atoms with Crippen LogP contribution in [0.3, 0.4) is 0 Å². The van der Waals surface area contributed by atoms with E-state index in [4.69, 9.17) is 16.7 Å². The zero-order valence-electron chi connectivity index (χ0n) is 11.0. The summed E-state index contributed by atoms with van der Waals surface area (Å²) in [6.07, 6.45) is 2.56. The van der Waals surface area contributed by atoms with Gasteiger partial charge in [0.2, 0.25) is 10.0 Å². The van der Waals surface area contributed by atoms with Gasteiger partial charge < -0.3 is 5.11 Å². The van der Waals surface area contributed by atoms with E-state index in [9.17, 15) is 13.2 Å². The molecule has 1 saturated carbocycles. The Kier molecular flexibility index (Phi) is 4.36. The predicted molar refractivity (Wildman–Crippen MR) is 75.5 cm³/mol. The van der Waals surface area contributed by atoms with Crippen LogP contribution in [0.15, 0.2) is 23.1 Å². The second-order valence-electron chi connectivity index (χ2n) is 5.19. The smallest absolute Gasteiger partial charge is 0.335 e. The number of carboxylic acids is 1. The Morgan fingerprint density at radius 2 is 2.10 bits per heavy atom. The van der Waals surface area contributed by atoms with Crippen molar-refractivity contribution < 1.29 is 18.3 Å². The third-order valence-corrected chi connectivity index (χ3v) is 5.49. The molecule has 0 amide bonds. The summed E-state index contributed by atoms with van der Waals surface area (Å²) in [7, 11) is -3.80. The van der Waals surface area contributed by atoms with E-state index in [1.807, 2.05) is 0 Å². The lowest BCUT2D eigenvalue weighted by Gasteiger charge is -2.14. The molecule has 0 heterocycles. The third-order valence-electron chi connectivity index (χ3n) is 3.48. The van der Waals surface area contributed by atoms with Crippen molar-refractivity contribution in [1.29, 1.82) is 0 Å². The summed E-state index contributed by atoms with van der Waals surface area (Å²) >= 11 is 5.89. The van der Waals surface area contributed by atoms with Crippen molar-refractivity contribution in [3.63, 3.8) is 0 Å². The van der Waals surface area contributed by atoms with E-state index in [0.29, 0.717) is 5.92 Å². The molecule has 110 valence electrons. The molecular formula is C13H16ClNO4S. The van der Waals surface area contributed by atoms with Crippen LogP contribution in [0.1, 0.15) is 36.5 Å². The summed E-state index contributed by atoms with van der Waals surface area (Å²) < 4.78 is 27.2. The van der Waals surface area contributed by atoms with Crippen molar-refractivity contribution in [1.82, 2.24) is 4.72 Å². The Morgan fingerprint density at radius 1 is 1.40 bits per heavy atom. The Bertz CT molecular complexity index is 629. The van der Waals surface area contributed by atoms with Gasteiger partial charge in [0, 0.05) is 6.04 Å². The molecule has 7 heteroatoms. The molecule has 1 aromatic carbocycles. The summed E-state index contributed by atoms with van der Waals surface area (Å²) in [4.78, 5) is 10.7. The lowest BCUT2D eigenvalue weighted by molar-refractivity contribution is 0.0696. The molecule has 2 N–H and O–H groups in total. The van der Waals surface area contributed by atoms with Gasteiger partial charge in [-0.3, -0.25) is 0 Å². The highest BCUT2D eigenvalue weighted by Gasteiger charge is 2.28. The van der Waals surface area contributed by atoms with Crippen LogP contribution < -0.4 is 4.72 Å². The molecule has 2 unspecified atom stereocenters. The summed E-state index contributed by atoms with van der Waals surface area (Å²) in [5.74, 6) is -0.698. The second-order valence-corrected chi connectivity index (χ2v) is 7.28. The van der Waals surface area contributed by atoms with Crippen molar-refractivity contribution in [2.45, 2.75) is 37.1 Å². The van der Waals surface area contributed by atoms with Gasteiger partial charge >= 0.3 is 5.97 Å². The molecule has 2 atom stereocenters. The zero-order valence-corrected chi connectivity index (χ0v) is 12.5. The van der Waals surface area contributed by atoms with Gasteiger partial charge in [-0.1, -0.05) is 18.5 Å². The van der Waals surface area contributed by atoms with Gasteiger partial charge in [-0.2, -0.15) is 0 Å². The molecular weight excluding hydrogens is 302 g/mol. The van der Waals surface area contributed by atoms with Crippen LogP contribution in [-0.2, 0) is 10.0 Å². The van der Waals surface area contributed by atoms with Crippen LogP contribution >= 0.6 is 11.6 Å². The number of hydrogen-bond acceptors (Lipinski definition) is 3. The van der Waals surface area contributed by atoms with Crippen LogP contribution in [0.5, 0.6) is 0 Å². The molecule has 0 radical (unpaired) electrons. The maximum Gasteiger partial charge on any atom is 0.335 e. The number of rotatable bonds is 4. The monoisotopic (exact) mass is 317 g/mol. The highest BCUT2D eigenvalue weighted by molar-refractivity contribution is 7.89. The fraction of sp³-hybridized carbons (Fsp3) is 0.462. The van der Waals surface area contributed by atoms with Gasteiger partial charge in [-0.05, 0) is 43.4 Å². The number of carboxylic acid groups (broad SMARTS) is 1. The first kappa shape index (κ1) is 15.3. The normalized spacial score (nSPS) is 22.9. The molecule has 0 bridgehead atoms. The van der Waals surface area contributed by atoms with Crippen molar-refractivity contribution >= 4 is 27.6 Å². The quantitative estimate of drug-likeness (QED) is 0.893. The molecule has 0 aromatic heterocycles. The summed E-state index contributed by atoms with van der Waals surface area (Å²) in [5.41, 5.74) is -0.102. The summed E-state index contributed by atoms with van der Waals surface area (Å²) in [6, 6.07) is 3.54. The number of carbonyl (C=O) groups is 1. The van der Waals surface area contributed by atoms with Gasteiger partial charge in [0.05, 0.1) is 10.6 Å². The SMILES string of the molecule is CC1CCC(NS(=O)(=O)c2cc(C(=O)O)ccc2Cl)C1. The van der Waals surface area contributed by atoms with Crippen LogP contribution in [0.4, 0.5) is 0 Å². The minimum absolute atomic E-state index is 0.0218. The molecule has 20 heavy (non-hydrogen) atoms. The Morgan fingerprint density at radius 3 is 2.65 bits per heavy atom. The van der Waals surface area contributed by atoms with Crippen molar-refractivity contribution in [3.05, 3.63) is 28.8 Å². The molecule has 1 aromatic rings. The van der Waals surface area contributed by atoms with Crippen LogP contribution in [0.25, 0.3) is 0 Å². The molecule has 1 aliphatic carbocycles. The zero-order chi connectivity index (χ0) is 14.9. The van der Waals surface area contributed by atoms with E-state index in [0.717, 1.165) is 25.3 Å². The number of sulfonamides is 1. The van der Waals surface area contributed by atoms with Crippen LogP contribution in [0, 0.1) is 5.92 Å². The first-order valence-corrected chi connectivity index (χ1v) is 8.21. The van der Waals surface area contributed by atoms with Gasteiger partial charge in [-0.15, -0.1) is 0 Å². The van der Waals surface area contributed by atoms with Crippen LogP contribution in [0.2, 0.25) is 5.02 Å². The van der Waals surface area contributed by atoms with Crippen molar-refractivity contribution in [2.24, 2.45) is 5.92 Å². The topological polar surface area (TPSA) is 83.5 Å². The second kappa shape index (κ2) is 5.71. The van der Waals surface area contributed by atoms with Gasteiger partial charge in [0.1, 0.15) is 4.90 Å². The highest BCUT2D eigenvalue weighted by atomic mass is 35.5. The summed E-state index contributed by atoms with van der Waals surface area (Å²) in [6.45, 7) is 2.08. The van der Waals surface area contributed by atoms with Crippen molar-refractivity contribution in [2.75, 3.05) is 0 Å². The summed E-state index contributed by atoms with van der Waals surface area (Å²) in [5, 5.41) is 8.95. The maximum atomic E-state index is 12.3. The molecule has 1 fully saturated rings. The Balaban J connectivity index is 2.29. The van der Waals surface area contributed by atoms with Crippen molar-refractivity contribution in [3.8, 4) is 0 Å². The number of hydrogen-bond donors (Lipinski definition) is 2. The first-order valence-electron chi connectivity index (χ1n) is 6.35. The maximum absolute atomic E-state index is 12.3. The Hall–Kier alpha value is -1.11. The average Bonchev–Trinajstić information content (AvgIpc) is 2.73. The molecule has 5 nitrogen and oxygen atoms in total. The van der Waals surface area contributed by atoms with E-state index in [1.165, 1.54) is 12.1 Å². The van der Waals surface area contributed by atoms with E-state index in [1.54, 1.807) is 0 Å². The molecule has 0 spiro atoms. The minimum atomic E-state index is -3.80. The molecule has 0 saturated heterocycles. The van der Waals surface area contributed by atoms with Gasteiger partial charge in [0.25, 0.3) is 0 Å². The Labute approximate surface area is 123 Å². The first-order chi connectivity index (χ1) is 9.29. The molecule has 1 aliphatic rings. The number of aromatic carboxylic acids is 1. The van der Waals surface area contributed by atoms with Gasteiger partial charge in [-0.25, -0.2) is 17.9 Å². The standard InChI is InChI=1S/C13H16ClNO4S/c1-8-2-4-10(6-8)15-20(18,19)12-7-9(13(16)17)3-5-11(12)14/h3,5,7-8,10,15H,2,4,6H2,1H3,(H,16,17). The third kappa shape index (κ3) is 3.31. The minimum Gasteiger partial charge on any atom is -0.478 e. The van der Waals surface area contributed by atoms with E-state index < -0.39 is 16.0 Å². The average molecular weight is 318 g/mol. The van der Waals surface area contributed by atoms with E-state index in [-0.39, 0.29) is 21.5 Å². The van der Waals surface area contributed by atoms with Crippen LogP contribution in [-0.4, -0.2) is 25.5 Å². The number of halogens is 1. The van der Waals surface area contributed by atoms with E-state index in [2.05, 4.69) is 11.6 Å². The highest BCUT2D eigenvalue weighted by Crippen LogP contribution is 2.28. The number of benzene rings is 1. The fourth-order valence-electron chi connectivity index (χ4n) is 2.44.